The van der Waals surface area contributed by atoms with Crippen molar-refractivity contribution < 1.29 is 13.6 Å². The van der Waals surface area contributed by atoms with E-state index in [0.29, 0.717) is 18.2 Å². The van der Waals surface area contributed by atoms with Crippen LogP contribution in [0.3, 0.4) is 0 Å². The van der Waals surface area contributed by atoms with Gasteiger partial charge < -0.3 is 18.5 Å². The minimum atomic E-state index is 0.498. The number of hydrogen-bond donors (Lipinski definition) is 0. The highest BCUT2D eigenvalue weighted by atomic mass is 16.5. The number of hydrogen-bond acceptors (Lipinski definition) is 5. The molecule has 0 aliphatic rings. The molecule has 0 unspecified atom stereocenters. The lowest BCUT2D eigenvalue weighted by molar-refractivity contribution is 0.415. The lowest BCUT2D eigenvalue weighted by Crippen LogP contribution is -2.16. The second kappa shape index (κ2) is 5.75. The quantitative estimate of drug-likeness (QED) is 0.716. The zero-order chi connectivity index (χ0) is 14.7. The number of furan rings is 1. The lowest BCUT2D eigenvalue weighted by Gasteiger charge is -2.17. The number of benzene rings is 1. The summed E-state index contributed by atoms with van der Waals surface area (Å²) in [5.74, 6) is 1.97. The van der Waals surface area contributed by atoms with E-state index in [2.05, 4.69) is 9.88 Å². The zero-order valence-corrected chi connectivity index (χ0v) is 11.9. The standard InChI is InChI=1S/C16H16N2O3/c1-18(13-5-7-14(19-2)8-6-13)10-12-11-21-16(17-12)15-4-3-9-20-15/h3-9,11H,10H2,1-2H3. The Morgan fingerprint density at radius 3 is 2.62 bits per heavy atom. The van der Waals surface area contributed by atoms with Crippen molar-refractivity contribution in [1.82, 2.24) is 4.98 Å². The second-order valence-corrected chi connectivity index (χ2v) is 4.68. The van der Waals surface area contributed by atoms with Gasteiger partial charge in [-0.1, -0.05) is 0 Å². The van der Waals surface area contributed by atoms with E-state index in [1.54, 1.807) is 19.6 Å². The van der Waals surface area contributed by atoms with E-state index in [4.69, 9.17) is 13.6 Å². The van der Waals surface area contributed by atoms with Crippen LogP contribution in [0.1, 0.15) is 5.69 Å². The molecular formula is C16H16N2O3. The van der Waals surface area contributed by atoms with Crippen LogP contribution in [0.5, 0.6) is 5.75 Å². The Balaban J connectivity index is 1.70. The molecule has 0 aliphatic carbocycles. The molecule has 1 aromatic carbocycles. The fourth-order valence-corrected chi connectivity index (χ4v) is 2.06. The third kappa shape index (κ3) is 2.91. The van der Waals surface area contributed by atoms with Gasteiger partial charge in [0.25, 0.3) is 5.89 Å². The summed E-state index contributed by atoms with van der Waals surface area (Å²) in [7, 11) is 3.66. The third-order valence-corrected chi connectivity index (χ3v) is 3.20. The van der Waals surface area contributed by atoms with Gasteiger partial charge in [-0.25, -0.2) is 4.98 Å². The molecule has 0 radical (unpaired) electrons. The number of anilines is 1. The van der Waals surface area contributed by atoms with Crippen LogP contribution in [0.15, 0.2) is 57.8 Å². The van der Waals surface area contributed by atoms with Crippen LogP contribution in [0.2, 0.25) is 0 Å². The topological polar surface area (TPSA) is 51.6 Å². The molecule has 0 aliphatic heterocycles. The Labute approximate surface area is 122 Å². The van der Waals surface area contributed by atoms with Crippen LogP contribution in [0, 0.1) is 0 Å². The van der Waals surface area contributed by atoms with E-state index >= 15 is 0 Å². The van der Waals surface area contributed by atoms with Crippen LogP contribution in [0.25, 0.3) is 11.7 Å². The van der Waals surface area contributed by atoms with Crippen molar-refractivity contribution in [2.75, 3.05) is 19.1 Å². The Hall–Kier alpha value is -2.69. The van der Waals surface area contributed by atoms with Gasteiger partial charge in [0.05, 0.1) is 25.6 Å². The summed E-state index contributed by atoms with van der Waals surface area (Å²) in [5, 5.41) is 0. The summed E-state index contributed by atoms with van der Waals surface area (Å²) in [4.78, 5) is 6.51. The normalized spacial score (nSPS) is 10.6. The molecule has 2 aromatic heterocycles. The maximum atomic E-state index is 5.43. The van der Waals surface area contributed by atoms with Crippen LogP contribution in [0.4, 0.5) is 5.69 Å². The van der Waals surface area contributed by atoms with Gasteiger partial charge in [-0.3, -0.25) is 0 Å². The molecule has 0 spiro atoms. The molecule has 21 heavy (non-hydrogen) atoms. The second-order valence-electron chi connectivity index (χ2n) is 4.68. The molecule has 5 nitrogen and oxygen atoms in total. The zero-order valence-electron chi connectivity index (χ0n) is 11.9. The van der Waals surface area contributed by atoms with Gasteiger partial charge >= 0.3 is 0 Å². The first-order valence-electron chi connectivity index (χ1n) is 6.60. The highest BCUT2D eigenvalue weighted by molar-refractivity contribution is 5.49. The molecule has 0 fully saturated rings. The predicted molar refractivity (Wildman–Crippen MR) is 79.3 cm³/mol. The highest BCUT2D eigenvalue weighted by Gasteiger charge is 2.11. The Morgan fingerprint density at radius 2 is 1.95 bits per heavy atom. The summed E-state index contributed by atoms with van der Waals surface area (Å²) in [5.41, 5.74) is 1.93. The van der Waals surface area contributed by atoms with Crippen molar-refractivity contribution in [2.45, 2.75) is 6.54 Å². The number of nitrogens with zero attached hydrogens (tertiary/aromatic N) is 2. The smallest absolute Gasteiger partial charge is 0.263 e. The number of oxazole rings is 1. The third-order valence-electron chi connectivity index (χ3n) is 3.20. The molecule has 108 valence electrons. The number of rotatable bonds is 5. The van der Waals surface area contributed by atoms with Crippen molar-refractivity contribution >= 4 is 5.69 Å². The van der Waals surface area contributed by atoms with E-state index < -0.39 is 0 Å². The first-order chi connectivity index (χ1) is 10.3. The van der Waals surface area contributed by atoms with Crippen LogP contribution in [-0.4, -0.2) is 19.1 Å². The van der Waals surface area contributed by atoms with E-state index in [1.807, 2.05) is 43.4 Å². The maximum absolute atomic E-state index is 5.43. The summed E-state index contributed by atoms with van der Waals surface area (Å²) >= 11 is 0. The average Bonchev–Trinajstić information content (AvgIpc) is 3.18. The van der Waals surface area contributed by atoms with Gasteiger partial charge in [0.2, 0.25) is 0 Å². The first-order valence-corrected chi connectivity index (χ1v) is 6.60. The van der Waals surface area contributed by atoms with Gasteiger partial charge in [0, 0.05) is 12.7 Å². The molecule has 0 saturated carbocycles. The monoisotopic (exact) mass is 284 g/mol. The largest absolute Gasteiger partial charge is 0.497 e. The Kier molecular flexibility index (Phi) is 3.64. The van der Waals surface area contributed by atoms with Gasteiger partial charge in [-0.15, -0.1) is 0 Å². The fraction of sp³-hybridized carbons (Fsp3) is 0.188. The predicted octanol–water partition coefficient (Wildman–Crippen LogP) is 3.58. The summed E-state index contributed by atoms with van der Waals surface area (Å²) in [6.07, 6.45) is 3.25. The van der Waals surface area contributed by atoms with Crippen LogP contribution < -0.4 is 9.64 Å². The van der Waals surface area contributed by atoms with Crippen molar-refractivity contribution in [1.29, 1.82) is 0 Å². The summed E-state index contributed by atoms with van der Waals surface area (Å²) < 4.78 is 15.9. The molecule has 3 aromatic rings. The van der Waals surface area contributed by atoms with E-state index in [1.165, 1.54) is 0 Å². The highest BCUT2D eigenvalue weighted by Crippen LogP contribution is 2.22. The van der Waals surface area contributed by atoms with E-state index in [-0.39, 0.29) is 0 Å². The van der Waals surface area contributed by atoms with Crippen molar-refractivity contribution in [3.05, 3.63) is 54.6 Å². The Bertz CT molecular complexity index is 687. The van der Waals surface area contributed by atoms with Crippen molar-refractivity contribution in [3.63, 3.8) is 0 Å². The minimum absolute atomic E-state index is 0.498. The molecule has 5 heteroatoms. The maximum Gasteiger partial charge on any atom is 0.263 e. The van der Waals surface area contributed by atoms with Crippen molar-refractivity contribution in [2.24, 2.45) is 0 Å². The van der Waals surface area contributed by atoms with E-state index in [9.17, 15) is 0 Å². The van der Waals surface area contributed by atoms with Gasteiger partial charge in [-0.2, -0.15) is 0 Å². The van der Waals surface area contributed by atoms with Gasteiger partial charge in [-0.05, 0) is 36.4 Å². The molecular weight excluding hydrogens is 268 g/mol. The van der Waals surface area contributed by atoms with Crippen LogP contribution in [-0.2, 0) is 6.54 Å². The van der Waals surface area contributed by atoms with Gasteiger partial charge in [0.15, 0.2) is 5.76 Å². The number of ether oxygens (including phenoxy) is 1. The molecule has 0 bridgehead atoms. The van der Waals surface area contributed by atoms with E-state index in [0.717, 1.165) is 17.1 Å². The molecule has 0 atom stereocenters. The molecule has 0 N–H and O–H groups in total. The Morgan fingerprint density at radius 1 is 1.14 bits per heavy atom. The SMILES string of the molecule is COc1ccc(N(C)Cc2coc(-c3ccco3)n2)cc1. The fourth-order valence-electron chi connectivity index (χ4n) is 2.06. The molecule has 3 rings (SSSR count). The van der Waals surface area contributed by atoms with Crippen molar-refractivity contribution in [3.8, 4) is 17.4 Å². The summed E-state index contributed by atoms with van der Waals surface area (Å²) in [6, 6.07) is 11.5. The molecule has 0 amide bonds. The molecule has 0 saturated heterocycles. The van der Waals surface area contributed by atoms with Crippen LogP contribution >= 0.6 is 0 Å². The number of aromatic nitrogens is 1. The number of methoxy groups -OCH3 is 1. The molecule has 2 heterocycles. The minimum Gasteiger partial charge on any atom is -0.497 e. The van der Waals surface area contributed by atoms with Gasteiger partial charge in [0.1, 0.15) is 12.0 Å². The lowest BCUT2D eigenvalue weighted by atomic mass is 10.2. The first kappa shape index (κ1) is 13.3. The summed E-state index contributed by atoms with van der Waals surface area (Å²) in [6.45, 7) is 0.649. The average molecular weight is 284 g/mol.